The van der Waals surface area contributed by atoms with Gasteiger partial charge in [-0.15, -0.1) is 0 Å². The van der Waals surface area contributed by atoms with Crippen molar-refractivity contribution in [2.75, 3.05) is 0 Å². The van der Waals surface area contributed by atoms with Gasteiger partial charge in [0.1, 0.15) is 17.7 Å². The number of hydrogen-bond donors (Lipinski definition) is 1. The van der Waals surface area contributed by atoms with Gasteiger partial charge in [-0.2, -0.15) is 0 Å². The maximum absolute atomic E-state index is 13.2. The Kier molecular flexibility index (Phi) is 2.57. The zero-order valence-corrected chi connectivity index (χ0v) is 10.9. The van der Waals surface area contributed by atoms with E-state index in [0.717, 1.165) is 5.69 Å². The van der Waals surface area contributed by atoms with E-state index in [1.165, 1.54) is 25.0 Å². The first-order valence-corrected chi connectivity index (χ1v) is 6.88. The van der Waals surface area contributed by atoms with E-state index in [0.29, 0.717) is 23.8 Å². The van der Waals surface area contributed by atoms with Crippen molar-refractivity contribution in [3.8, 4) is 5.75 Å². The molecule has 2 unspecified atom stereocenters. The van der Waals surface area contributed by atoms with Gasteiger partial charge in [0.05, 0.1) is 24.3 Å². The number of hydrogen-bond acceptors (Lipinski definition) is 3. The number of imidazole rings is 1. The van der Waals surface area contributed by atoms with Gasteiger partial charge in [0.15, 0.2) is 0 Å². The summed E-state index contributed by atoms with van der Waals surface area (Å²) in [6.07, 6.45) is 5.44. The highest BCUT2D eigenvalue weighted by atomic mass is 19.1. The molecule has 2 aliphatic rings. The van der Waals surface area contributed by atoms with Gasteiger partial charge in [-0.05, 0) is 31.0 Å². The van der Waals surface area contributed by atoms with Crippen LogP contribution in [-0.4, -0.2) is 14.7 Å². The van der Waals surface area contributed by atoms with E-state index in [-0.39, 0.29) is 11.9 Å². The van der Waals surface area contributed by atoms with Crippen LogP contribution in [0.15, 0.2) is 30.7 Å². The number of aliphatic hydroxyl groups is 1. The molecule has 2 aromatic rings. The van der Waals surface area contributed by atoms with Crippen molar-refractivity contribution in [1.82, 2.24) is 9.55 Å². The van der Waals surface area contributed by atoms with Gasteiger partial charge in [0.25, 0.3) is 0 Å². The molecule has 1 aromatic carbocycles. The Labute approximate surface area is 115 Å². The molecule has 0 spiro atoms. The molecule has 1 aliphatic carbocycles. The van der Waals surface area contributed by atoms with Gasteiger partial charge < -0.3 is 14.4 Å². The molecule has 4 rings (SSSR count). The van der Waals surface area contributed by atoms with E-state index < -0.39 is 6.10 Å². The second-order valence-electron chi connectivity index (χ2n) is 5.50. The van der Waals surface area contributed by atoms with Crippen molar-refractivity contribution in [3.63, 3.8) is 0 Å². The second kappa shape index (κ2) is 4.31. The molecule has 1 aromatic heterocycles. The number of fused-ring (bicyclic) bond motifs is 1. The van der Waals surface area contributed by atoms with Crippen LogP contribution in [0.25, 0.3) is 0 Å². The van der Waals surface area contributed by atoms with Crippen LogP contribution in [0.4, 0.5) is 4.39 Å². The van der Waals surface area contributed by atoms with Crippen LogP contribution < -0.4 is 4.74 Å². The van der Waals surface area contributed by atoms with Gasteiger partial charge in [0, 0.05) is 18.0 Å². The Morgan fingerprint density at radius 3 is 3.00 bits per heavy atom. The molecule has 1 saturated carbocycles. The van der Waals surface area contributed by atoms with Crippen LogP contribution in [0, 0.1) is 5.82 Å². The second-order valence-corrected chi connectivity index (χ2v) is 5.50. The van der Waals surface area contributed by atoms with Crippen LogP contribution in [0.1, 0.15) is 48.8 Å². The molecule has 1 N–H and O–H groups in total. The van der Waals surface area contributed by atoms with Gasteiger partial charge in [0.2, 0.25) is 0 Å². The topological polar surface area (TPSA) is 47.3 Å². The first-order valence-electron chi connectivity index (χ1n) is 6.88. The highest BCUT2D eigenvalue weighted by molar-refractivity contribution is 5.38. The molecule has 2 atom stereocenters. The number of benzene rings is 1. The maximum atomic E-state index is 13.2. The smallest absolute Gasteiger partial charge is 0.143 e. The van der Waals surface area contributed by atoms with Crippen molar-refractivity contribution < 1.29 is 14.2 Å². The fraction of sp³-hybridized carbons (Fsp3) is 0.400. The normalized spacial score (nSPS) is 25.1. The third-order valence-corrected chi connectivity index (χ3v) is 4.00. The number of aliphatic hydroxyl groups excluding tert-OH is 1. The standard InChI is InChI=1S/C15H15FN2O2/c16-9-1-4-14-11(5-9)13(19)6-15(20-14)12-7-17-8-18(12)10-2-3-10/h1,4-5,7-8,10,13,15,19H,2-3,6H2. The van der Waals surface area contributed by atoms with Crippen molar-refractivity contribution in [3.05, 3.63) is 47.8 Å². The van der Waals surface area contributed by atoms with Crippen molar-refractivity contribution in [2.24, 2.45) is 0 Å². The fourth-order valence-electron chi connectivity index (χ4n) is 2.82. The molecule has 0 bridgehead atoms. The first kappa shape index (κ1) is 11.9. The minimum Gasteiger partial charge on any atom is -0.484 e. The van der Waals surface area contributed by atoms with Crippen LogP contribution in [0.2, 0.25) is 0 Å². The summed E-state index contributed by atoms with van der Waals surface area (Å²) in [6, 6.07) is 4.79. The Hall–Kier alpha value is -1.88. The molecule has 4 nitrogen and oxygen atoms in total. The van der Waals surface area contributed by atoms with Gasteiger partial charge in [-0.25, -0.2) is 9.37 Å². The highest BCUT2D eigenvalue weighted by Crippen LogP contribution is 2.43. The summed E-state index contributed by atoms with van der Waals surface area (Å²) in [6.45, 7) is 0. The lowest BCUT2D eigenvalue weighted by Crippen LogP contribution is -2.21. The molecular formula is C15H15FN2O2. The van der Waals surface area contributed by atoms with Gasteiger partial charge in [-0.1, -0.05) is 0 Å². The van der Waals surface area contributed by atoms with E-state index >= 15 is 0 Å². The van der Waals surface area contributed by atoms with Crippen LogP contribution in [0.5, 0.6) is 5.75 Å². The van der Waals surface area contributed by atoms with Crippen LogP contribution in [-0.2, 0) is 0 Å². The Balaban J connectivity index is 1.68. The predicted molar refractivity (Wildman–Crippen MR) is 69.8 cm³/mol. The lowest BCUT2D eigenvalue weighted by molar-refractivity contribution is 0.0614. The maximum Gasteiger partial charge on any atom is 0.143 e. The Morgan fingerprint density at radius 2 is 2.20 bits per heavy atom. The summed E-state index contributed by atoms with van der Waals surface area (Å²) >= 11 is 0. The van der Waals surface area contributed by atoms with Crippen LogP contribution >= 0.6 is 0 Å². The molecule has 0 amide bonds. The van der Waals surface area contributed by atoms with Crippen molar-refractivity contribution in [1.29, 1.82) is 0 Å². The largest absolute Gasteiger partial charge is 0.484 e. The summed E-state index contributed by atoms with van der Waals surface area (Å²) < 4.78 is 21.3. The Bertz CT molecular complexity index is 651. The molecule has 1 fully saturated rings. The van der Waals surface area contributed by atoms with E-state index in [1.54, 1.807) is 12.3 Å². The quantitative estimate of drug-likeness (QED) is 0.916. The molecule has 2 heterocycles. The number of ether oxygens (including phenoxy) is 1. The fourth-order valence-corrected chi connectivity index (χ4v) is 2.82. The number of rotatable bonds is 2. The third kappa shape index (κ3) is 1.89. The van der Waals surface area contributed by atoms with E-state index in [4.69, 9.17) is 4.74 Å². The summed E-state index contributed by atoms with van der Waals surface area (Å²) in [5, 5.41) is 10.2. The Morgan fingerprint density at radius 1 is 1.35 bits per heavy atom. The number of nitrogens with zero attached hydrogens (tertiary/aromatic N) is 2. The third-order valence-electron chi connectivity index (χ3n) is 4.00. The minimum absolute atomic E-state index is 0.230. The molecule has 5 heteroatoms. The van der Waals surface area contributed by atoms with Crippen molar-refractivity contribution in [2.45, 2.75) is 37.5 Å². The van der Waals surface area contributed by atoms with Crippen LogP contribution in [0.3, 0.4) is 0 Å². The summed E-state index contributed by atoms with van der Waals surface area (Å²) in [4.78, 5) is 4.20. The highest BCUT2D eigenvalue weighted by Gasteiger charge is 2.33. The lowest BCUT2D eigenvalue weighted by atomic mass is 9.97. The minimum atomic E-state index is -0.706. The van der Waals surface area contributed by atoms with Gasteiger partial charge >= 0.3 is 0 Å². The average Bonchev–Trinajstić information content (AvgIpc) is 3.17. The molecule has 0 saturated heterocycles. The predicted octanol–water partition coefficient (Wildman–Crippen LogP) is 2.91. The first-order chi connectivity index (χ1) is 9.72. The van der Waals surface area contributed by atoms with E-state index in [1.807, 2.05) is 6.33 Å². The van der Waals surface area contributed by atoms with Crippen molar-refractivity contribution >= 4 is 0 Å². The summed E-state index contributed by atoms with van der Waals surface area (Å²) in [5.41, 5.74) is 1.51. The number of aromatic nitrogens is 2. The molecular weight excluding hydrogens is 259 g/mol. The molecule has 0 radical (unpaired) electrons. The zero-order chi connectivity index (χ0) is 13.7. The van der Waals surface area contributed by atoms with E-state index in [9.17, 15) is 9.50 Å². The monoisotopic (exact) mass is 274 g/mol. The SMILES string of the molecule is OC1CC(c2cncn2C2CC2)Oc2ccc(F)cc21. The zero-order valence-electron chi connectivity index (χ0n) is 10.9. The lowest BCUT2D eigenvalue weighted by Gasteiger charge is -2.30. The molecule has 104 valence electrons. The molecule has 1 aliphatic heterocycles. The van der Waals surface area contributed by atoms with Gasteiger partial charge in [-0.3, -0.25) is 0 Å². The molecule has 20 heavy (non-hydrogen) atoms. The summed E-state index contributed by atoms with van der Waals surface area (Å²) in [5.74, 6) is 0.201. The van der Waals surface area contributed by atoms with E-state index in [2.05, 4.69) is 9.55 Å². The summed E-state index contributed by atoms with van der Waals surface area (Å²) in [7, 11) is 0. The average molecular weight is 274 g/mol. The number of halogens is 1.